The Morgan fingerprint density at radius 1 is 1.60 bits per heavy atom. The Hall–Kier alpha value is -1.16. The molecule has 0 N–H and O–H groups in total. The Morgan fingerprint density at radius 3 is 2.87 bits per heavy atom. The summed E-state index contributed by atoms with van der Waals surface area (Å²) in [6, 6.07) is 0.392. The van der Waals surface area contributed by atoms with Gasteiger partial charge in [0, 0.05) is 12.6 Å². The number of amides is 1. The smallest absolute Gasteiger partial charge is 0.274 e. The normalized spacial score (nSPS) is 15.1. The van der Waals surface area contributed by atoms with E-state index in [4.69, 9.17) is 11.6 Å². The van der Waals surface area contributed by atoms with Gasteiger partial charge < -0.3 is 4.90 Å². The topological polar surface area (TPSA) is 46.1 Å². The average molecular weight is 226 g/mol. The van der Waals surface area contributed by atoms with Crippen molar-refractivity contribution in [3.8, 4) is 0 Å². The number of hydrogen-bond acceptors (Lipinski definition) is 3. The number of nitrogens with zero attached hydrogens (tertiary/aromatic N) is 3. The predicted molar refractivity (Wildman–Crippen MR) is 56.8 cm³/mol. The van der Waals surface area contributed by atoms with E-state index in [0.29, 0.717) is 18.3 Å². The highest BCUT2D eigenvalue weighted by atomic mass is 35.5. The summed E-state index contributed by atoms with van der Waals surface area (Å²) < 4.78 is 0. The molecule has 0 aliphatic heterocycles. The third kappa shape index (κ3) is 2.26. The van der Waals surface area contributed by atoms with E-state index < -0.39 is 0 Å². The van der Waals surface area contributed by atoms with E-state index in [-0.39, 0.29) is 11.1 Å². The van der Waals surface area contributed by atoms with E-state index in [0.717, 1.165) is 12.8 Å². The molecule has 1 heterocycles. The molecule has 0 aromatic carbocycles. The Balaban J connectivity index is 2.18. The minimum absolute atomic E-state index is 0.0741. The van der Waals surface area contributed by atoms with Crippen LogP contribution in [0.4, 0.5) is 0 Å². The molecule has 1 aromatic rings. The van der Waals surface area contributed by atoms with Crippen molar-refractivity contribution >= 4 is 17.5 Å². The van der Waals surface area contributed by atoms with Crippen LogP contribution in [0.3, 0.4) is 0 Å². The monoisotopic (exact) mass is 225 g/mol. The number of aromatic nitrogens is 2. The van der Waals surface area contributed by atoms with Crippen molar-refractivity contribution in [3.63, 3.8) is 0 Å². The highest BCUT2D eigenvalue weighted by Crippen LogP contribution is 2.27. The Kier molecular flexibility index (Phi) is 2.86. The van der Waals surface area contributed by atoms with Gasteiger partial charge in [-0.2, -0.15) is 0 Å². The van der Waals surface area contributed by atoms with E-state index >= 15 is 0 Å². The van der Waals surface area contributed by atoms with Gasteiger partial charge in [-0.25, -0.2) is 4.98 Å². The lowest BCUT2D eigenvalue weighted by molar-refractivity contribution is 0.0746. The maximum absolute atomic E-state index is 12.0. The summed E-state index contributed by atoms with van der Waals surface area (Å²) in [6.45, 7) is 2.67. The predicted octanol–water partition coefficient (Wildman–Crippen LogP) is 1.75. The fraction of sp³-hybridized carbons (Fsp3) is 0.500. The third-order valence-electron chi connectivity index (χ3n) is 2.41. The van der Waals surface area contributed by atoms with Crippen LogP contribution in [0.1, 0.15) is 30.3 Å². The number of carbonyl (C=O) groups is 1. The van der Waals surface area contributed by atoms with Gasteiger partial charge >= 0.3 is 0 Å². The van der Waals surface area contributed by atoms with Crippen LogP contribution in [-0.4, -0.2) is 33.4 Å². The SMILES string of the molecule is CCN(C(=O)c1cncc(Cl)n1)C1CC1. The minimum atomic E-state index is -0.0741. The van der Waals surface area contributed by atoms with Crippen molar-refractivity contribution < 1.29 is 4.79 Å². The second-order valence-electron chi connectivity index (χ2n) is 3.55. The van der Waals surface area contributed by atoms with Gasteiger partial charge in [-0.05, 0) is 19.8 Å². The van der Waals surface area contributed by atoms with Gasteiger partial charge in [-0.1, -0.05) is 11.6 Å². The molecule has 1 aliphatic carbocycles. The van der Waals surface area contributed by atoms with Crippen LogP contribution in [0.25, 0.3) is 0 Å². The number of rotatable bonds is 3. The molecular formula is C10H12ClN3O. The molecular weight excluding hydrogens is 214 g/mol. The highest BCUT2D eigenvalue weighted by Gasteiger charge is 2.32. The Labute approximate surface area is 93.3 Å². The molecule has 80 valence electrons. The summed E-state index contributed by atoms with van der Waals surface area (Å²) in [5.41, 5.74) is 0.330. The maximum Gasteiger partial charge on any atom is 0.274 e. The first-order valence-electron chi connectivity index (χ1n) is 5.01. The van der Waals surface area contributed by atoms with Crippen LogP contribution in [0.5, 0.6) is 0 Å². The minimum Gasteiger partial charge on any atom is -0.335 e. The van der Waals surface area contributed by atoms with Crippen molar-refractivity contribution in [1.82, 2.24) is 14.9 Å². The van der Waals surface area contributed by atoms with Crippen LogP contribution in [0, 0.1) is 0 Å². The van der Waals surface area contributed by atoms with Crippen LogP contribution in [0.15, 0.2) is 12.4 Å². The van der Waals surface area contributed by atoms with Crippen molar-refractivity contribution in [2.24, 2.45) is 0 Å². The van der Waals surface area contributed by atoms with Gasteiger partial charge in [0.15, 0.2) is 0 Å². The first-order chi connectivity index (χ1) is 7.22. The molecule has 1 saturated carbocycles. The first kappa shape index (κ1) is 10.4. The fourth-order valence-corrected chi connectivity index (χ4v) is 1.69. The standard InChI is InChI=1S/C10H12ClN3O/c1-2-14(7-3-4-7)10(15)8-5-12-6-9(11)13-8/h5-7H,2-4H2,1H3. The first-order valence-corrected chi connectivity index (χ1v) is 5.38. The van der Waals surface area contributed by atoms with Gasteiger partial charge in [-0.3, -0.25) is 9.78 Å². The molecule has 1 aromatic heterocycles. The number of hydrogen-bond donors (Lipinski definition) is 0. The van der Waals surface area contributed by atoms with Crippen molar-refractivity contribution in [3.05, 3.63) is 23.2 Å². The van der Waals surface area contributed by atoms with E-state index in [9.17, 15) is 4.79 Å². The third-order valence-corrected chi connectivity index (χ3v) is 2.60. The van der Waals surface area contributed by atoms with Gasteiger partial charge in [-0.15, -0.1) is 0 Å². The molecule has 1 fully saturated rings. The summed E-state index contributed by atoms with van der Waals surface area (Å²) in [7, 11) is 0. The largest absolute Gasteiger partial charge is 0.335 e. The van der Waals surface area contributed by atoms with Crippen LogP contribution in [-0.2, 0) is 0 Å². The second-order valence-corrected chi connectivity index (χ2v) is 3.94. The molecule has 0 spiro atoms. The molecule has 15 heavy (non-hydrogen) atoms. The number of carbonyl (C=O) groups excluding carboxylic acids is 1. The lowest BCUT2D eigenvalue weighted by atomic mass is 10.3. The highest BCUT2D eigenvalue weighted by molar-refractivity contribution is 6.29. The van der Waals surface area contributed by atoms with E-state index in [1.807, 2.05) is 11.8 Å². The molecule has 1 aliphatic rings. The molecule has 0 bridgehead atoms. The molecule has 5 heteroatoms. The molecule has 0 saturated heterocycles. The fourth-order valence-electron chi connectivity index (χ4n) is 1.55. The van der Waals surface area contributed by atoms with Crippen molar-refractivity contribution in [1.29, 1.82) is 0 Å². The summed E-state index contributed by atoms with van der Waals surface area (Å²) in [4.78, 5) is 21.6. The van der Waals surface area contributed by atoms with Crippen molar-refractivity contribution in [2.45, 2.75) is 25.8 Å². The van der Waals surface area contributed by atoms with Crippen molar-refractivity contribution in [2.75, 3.05) is 6.54 Å². The summed E-state index contributed by atoms with van der Waals surface area (Å²) >= 11 is 5.69. The summed E-state index contributed by atoms with van der Waals surface area (Å²) in [5.74, 6) is -0.0741. The van der Waals surface area contributed by atoms with Gasteiger partial charge in [0.2, 0.25) is 0 Å². The summed E-state index contributed by atoms with van der Waals surface area (Å²) in [5, 5.41) is 0.257. The average Bonchev–Trinajstić information content (AvgIpc) is 3.03. The van der Waals surface area contributed by atoms with Gasteiger partial charge in [0.1, 0.15) is 10.8 Å². The van der Waals surface area contributed by atoms with E-state index in [2.05, 4.69) is 9.97 Å². The van der Waals surface area contributed by atoms with E-state index in [1.165, 1.54) is 12.4 Å². The molecule has 0 unspecified atom stereocenters. The zero-order valence-corrected chi connectivity index (χ0v) is 9.24. The molecule has 1 amide bonds. The molecule has 0 radical (unpaired) electrons. The number of halogens is 1. The lowest BCUT2D eigenvalue weighted by Crippen LogP contribution is -2.33. The zero-order valence-electron chi connectivity index (χ0n) is 8.48. The van der Waals surface area contributed by atoms with E-state index in [1.54, 1.807) is 0 Å². The second kappa shape index (κ2) is 4.14. The lowest BCUT2D eigenvalue weighted by Gasteiger charge is -2.19. The molecule has 2 rings (SSSR count). The van der Waals surface area contributed by atoms with Crippen LogP contribution < -0.4 is 0 Å². The Bertz CT molecular complexity index is 379. The molecule has 0 atom stereocenters. The molecule has 4 nitrogen and oxygen atoms in total. The van der Waals surface area contributed by atoms with Gasteiger partial charge in [0.25, 0.3) is 5.91 Å². The zero-order chi connectivity index (χ0) is 10.8. The quantitative estimate of drug-likeness (QED) is 0.788. The van der Waals surface area contributed by atoms with Crippen LogP contribution in [0.2, 0.25) is 5.15 Å². The summed E-state index contributed by atoms with van der Waals surface area (Å²) in [6.07, 6.45) is 5.06. The van der Waals surface area contributed by atoms with Gasteiger partial charge in [0.05, 0.1) is 12.4 Å². The van der Waals surface area contributed by atoms with Crippen LogP contribution >= 0.6 is 11.6 Å². The maximum atomic E-state index is 12.0. The Morgan fingerprint density at radius 2 is 2.33 bits per heavy atom.